The summed E-state index contributed by atoms with van der Waals surface area (Å²) < 4.78 is 1.07. The lowest BCUT2D eigenvalue weighted by Crippen LogP contribution is -2.43. The van der Waals surface area contributed by atoms with Crippen molar-refractivity contribution in [1.82, 2.24) is 5.32 Å². The second-order valence-corrected chi connectivity index (χ2v) is 4.86. The molecule has 0 unspecified atom stereocenters. The monoisotopic (exact) mass is 259 g/mol. The minimum atomic E-state index is 0.797. The fraction of sp³-hybridized carbons (Fsp3) is 0.400. The summed E-state index contributed by atoms with van der Waals surface area (Å²) in [6.07, 6.45) is 1.13. The van der Waals surface area contributed by atoms with Crippen molar-refractivity contribution in [1.29, 1.82) is 0 Å². The van der Waals surface area contributed by atoms with Gasteiger partial charge in [-0.05, 0) is 49.2 Å². The highest BCUT2D eigenvalue weighted by Crippen LogP contribution is 2.22. The molecule has 2 rings (SSSR count). The largest absolute Gasteiger partial charge is 0.316 e. The first kappa shape index (κ1) is 9.50. The molecule has 1 aliphatic rings. The third-order valence-corrected chi connectivity index (χ3v) is 2.99. The van der Waals surface area contributed by atoms with Crippen LogP contribution >= 0.6 is 27.5 Å². The zero-order valence-corrected chi connectivity index (χ0v) is 9.53. The highest BCUT2D eigenvalue weighted by Gasteiger charge is 2.16. The van der Waals surface area contributed by atoms with Crippen LogP contribution in [0.3, 0.4) is 0 Å². The third kappa shape index (κ3) is 2.46. The summed E-state index contributed by atoms with van der Waals surface area (Å²) in [5.41, 5.74) is 1.32. The van der Waals surface area contributed by atoms with E-state index in [2.05, 4.69) is 27.3 Å². The summed E-state index contributed by atoms with van der Waals surface area (Å²) in [5, 5.41) is 4.08. The van der Waals surface area contributed by atoms with E-state index in [1.165, 1.54) is 5.56 Å². The van der Waals surface area contributed by atoms with Crippen LogP contribution in [-0.2, 0) is 6.42 Å². The third-order valence-electron chi connectivity index (χ3n) is 2.31. The molecule has 0 aromatic heterocycles. The smallest absolute Gasteiger partial charge is 0.0419 e. The molecule has 0 amide bonds. The van der Waals surface area contributed by atoms with Crippen molar-refractivity contribution < 1.29 is 0 Å². The van der Waals surface area contributed by atoms with Crippen molar-refractivity contribution in [3.8, 4) is 0 Å². The zero-order chi connectivity index (χ0) is 9.26. The zero-order valence-electron chi connectivity index (χ0n) is 7.19. The molecule has 0 saturated carbocycles. The molecule has 1 saturated heterocycles. The van der Waals surface area contributed by atoms with Crippen LogP contribution in [0.5, 0.6) is 0 Å². The van der Waals surface area contributed by atoms with Crippen LogP contribution in [0.4, 0.5) is 0 Å². The minimum Gasteiger partial charge on any atom is -0.316 e. The molecule has 1 aliphatic heterocycles. The van der Waals surface area contributed by atoms with Crippen LogP contribution in [-0.4, -0.2) is 13.1 Å². The van der Waals surface area contributed by atoms with Gasteiger partial charge < -0.3 is 5.32 Å². The molecule has 0 atom stereocenters. The van der Waals surface area contributed by atoms with E-state index >= 15 is 0 Å². The molecular formula is C10H11BrClN. The fourth-order valence-electron chi connectivity index (χ4n) is 1.55. The van der Waals surface area contributed by atoms with Crippen molar-refractivity contribution in [2.24, 2.45) is 5.92 Å². The Labute approximate surface area is 91.6 Å². The normalized spacial score (nSPS) is 17.1. The molecule has 70 valence electrons. The molecule has 13 heavy (non-hydrogen) atoms. The van der Waals surface area contributed by atoms with Gasteiger partial charge in [0, 0.05) is 9.50 Å². The van der Waals surface area contributed by atoms with Gasteiger partial charge in [0.25, 0.3) is 0 Å². The predicted molar refractivity (Wildman–Crippen MR) is 59.2 cm³/mol. The van der Waals surface area contributed by atoms with Gasteiger partial charge in [0.2, 0.25) is 0 Å². The minimum absolute atomic E-state index is 0.797. The number of halogens is 2. The molecule has 0 bridgehead atoms. The fourth-order valence-corrected chi connectivity index (χ4v) is 2.49. The van der Waals surface area contributed by atoms with Crippen molar-refractivity contribution in [2.75, 3.05) is 13.1 Å². The standard InChI is InChI=1S/C10H11BrClN/c11-9-2-7(3-10(12)4-9)1-8-5-13-6-8/h2-4,8,13H,1,5-6H2. The summed E-state index contributed by atoms with van der Waals surface area (Å²) in [4.78, 5) is 0. The Kier molecular flexibility index (Phi) is 2.92. The molecule has 0 radical (unpaired) electrons. The summed E-state index contributed by atoms with van der Waals surface area (Å²) in [5.74, 6) is 0.797. The van der Waals surface area contributed by atoms with Crippen molar-refractivity contribution in [3.05, 3.63) is 33.3 Å². The maximum Gasteiger partial charge on any atom is 0.0419 e. The van der Waals surface area contributed by atoms with E-state index in [9.17, 15) is 0 Å². The maximum atomic E-state index is 5.95. The van der Waals surface area contributed by atoms with E-state index in [1.54, 1.807) is 0 Å². The summed E-state index contributed by atoms with van der Waals surface area (Å²) >= 11 is 9.39. The van der Waals surface area contributed by atoms with Crippen molar-refractivity contribution in [2.45, 2.75) is 6.42 Å². The highest BCUT2D eigenvalue weighted by atomic mass is 79.9. The van der Waals surface area contributed by atoms with Crippen LogP contribution in [0.2, 0.25) is 5.02 Å². The lowest BCUT2D eigenvalue weighted by molar-refractivity contribution is 0.346. The highest BCUT2D eigenvalue weighted by molar-refractivity contribution is 9.10. The van der Waals surface area contributed by atoms with Crippen molar-refractivity contribution >= 4 is 27.5 Å². The maximum absolute atomic E-state index is 5.95. The quantitative estimate of drug-likeness (QED) is 0.862. The van der Waals surface area contributed by atoms with Crippen LogP contribution in [0.25, 0.3) is 0 Å². The molecule has 3 heteroatoms. The van der Waals surface area contributed by atoms with Gasteiger partial charge in [0.05, 0.1) is 0 Å². The molecule has 1 fully saturated rings. The van der Waals surface area contributed by atoms with Gasteiger partial charge in [0.1, 0.15) is 0 Å². The second-order valence-electron chi connectivity index (χ2n) is 3.51. The van der Waals surface area contributed by atoms with Crippen LogP contribution in [0.15, 0.2) is 22.7 Å². The van der Waals surface area contributed by atoms with Gasteiger partial charge in [-0.3, -0.25) is 0 Å². The number of benzene rings is 1. The van der Waals surface area contributed by atoms with Gasteiger partial charge in [-0.15, -0.1) is 0 Å². The first-order valence-corrected chi connectivity index (χ1v) is 5.57. The lowest BCUT2D eigenvalue weighted by atomic mass is 9.94. The number of hydrogen-bond donors (Lipinski definition) is 1. The SMILES string of the molecule is Clc1cc(Br)cc(CC2CNC2)c1. The topological polar surface area (TPSA) is 12.0 Å². The molecule has 1 heterocycles. The Bertz CT molecular complexity index is 290. The first-order valence-electron chi connectivity index (χ1n) is 4.40. The Morgan fingerprint density at radius 3 is 2.69 bits per heavy atom. The molecule has 1 aromatic carbocycles. The molecule has 1 aromatic rings. The molecule has 0 spiro atoms. The van der Waals surface area contributed by atoms with Crippen LogP contribution in [0, 0.1) is 5.92 Å². The first-order chi connectivity index (χ1) is 6.24. The Hall–Kier alpha value is -0.0500. The Morgan fingerprint density at radius 1 is 1.38 bits per heavy atom. The molecule has 0 aliphatic carbocycles. The second kappa shape index (κ2) is 3.99. The van der Waals surface area contributed by atoms with E-state index in [0.717, 1.165) is 34.9 Å². The summed E-state index contributed by atoms with van der Waals surface area (Å²) in [7, 11) is 0. The van der Waals surface area contributed by atoms with Gasteiger partial charge in [-0.25, -0.2) is 0 Å². The van der Waals surface area contributed by atoms with Crippen LogP contribution < -0.4 is 5.32 Å². The molecular weight excluding hydrogens is 249 g/mol. The Balaban J connectivity index is 2.10. The predicted octanol–water partition coefficient (Wildman–Crippen LogP) is 2.86. The van der Waals surface area contributed by atoms with E-state index in [0.29, 0.717) is 0 Å². The van der Waals surface area contributed by atoms with Crippen molar-refractivity contribution in [3.63, 3.8) is 0 Å². The van der Waals surface area contributed by atoms with Gasteiger partial charge >= 0.3 is 0 Å². The van der Waals surface area contributed by atoms with E-state index < -0.39 is 0 Å². The Morgan fingerprint density at radius 2 is 2.15 bits per heavy atom. The van der Waals surface area contributed by atoms with Gasteiger partial charge in [-0.1, -0.05) is 27.5 Å². The summed E-state index contributed by atoms with van der Waals surface area (Å²) in [6.45, 7) is 2.29. The van der Waals surface area contributed by atoms with Crippen LogP contribution in [0.1, 0.15) is 5.56 Å². The van der Waals surface area contributed by atoms with E-state index in [1.807, 2.05) is 12.1 Å². The molecule has 1 N–H and O–H groups in total. The average molecular weight is 261 g/mol. The lowest BCUT2D eigenvalue weighted by Gasteiger charge is -2.27. The summed E-state index contributed by atoms with van der Waals surface area (Å²) in [6, 6.07) is 6.11. The number of hydrogen-bond acceptors (Lipinski definition) is 1. The van der Waals surface area contributed by atoms with Gasteiger partial charge in [-0.2, -0.15) is 0 Å². The van der Waals surface area contributed by atoms with E-state index in [-0.39, 0.29) is 0 Å². The number of nitrogens with one attached hydrogen (secondary N) is 1. The average Bonchev–Trinajstić information content (AvgIpc) is 1.95. The van der Waals surface area contributed by atoms with Gasteiger partial charge in [0.15, 0.2) is 0 Å². The number of rotatable bonds is 2. The van der Waals surface area contributed by atoms with E-state index in [4.69, 9.17) is 11.6 Å². The molecule has 1 nitrogen and oxygen atoms in total.